The van der Waals surface area contributed by atoms with Crippen LogP contribution in [0, 0.1) is 0 Å². The Kier molecular flexibility index (Phi) is 23.1. The summed E-state index contributed by atoms with van der Waals surface area (Å²) in [6.07, 6.45) is 11.1. The van der Waals surface area contributed by atoms with Crippen LogP contribution in [0.2, 0.25) is 0 Å². The number of hydrogen-bond acceptors (Lipinski definition) is 3. The molecular weight excluding hydrogens is 419 g/mol. The van der Waals surface area contributed by atoms with Gasteiger partial charge >= 0.3 is 67.0 Å². The molecule has 0 bridgehead atoms. The van der Waals surface area contributed by atoms with Crippen LogP contribution in [0.1, 0.15) is 79.1 Å². The van der Waals surface area contributed by atoms with Crippen molar-refractivity contribution in [2.75, 3.05) is 26.2 Å². The van der Waals surface area contributed by atoms with Crippen LogP contribution in [-0.2, 0) is 13.4 Å². The molecule has 0 radical (unpaired) electrons. The maximum absolute atomic E-state index is 9.63. The van der Waals surface area contributed by atoms with Crippen molar-refractivity contribution in [3.8, 4) is 0 Å². The Labute approximate surface area is 208 Å². The average molecular weight is 461 g/mol. The molecule has 0 aromatic rings. The number of rotatable bonds is 14. The van der Waals surface area contributed by atoms with Gasteiger partial charge in [0.15, 0.2) is 0 Å². The van der Waals surface area contributed by atoms with Gasteiger partial charge in [-0.25, -0.2) is 9.13 Å². The van der Waals surface area contributed by atoms with Crippen LogP contribution >= 0.6 is 15.6 Å². The monoisotopic (exact) mass is 460 g/mol. The van der Waals surface area contributed by atoms with E-state index in [0.717, 1.165) is 0 Å². The molecule has 8 nitrogen and oxygen atoms in total. The van der Waals surface area contributed by atoms with Gasteiger partial charge in [0, 0.05) is 0 Å². The van der Waals surface area contributed by atoms with Gasteiger partial charge in [-0.05, 0) is 25.7 Å². The zero-order chi connectivity index (χ0) is 20.7. The van der Waals surface area contributed by atoms with Crippen LogP contribution in [0.25, 0.3) is 0 Å². The molecule has 0 spiro atoms. The Morgan fingerprint density at radius 1 is 0.630 bits per heavy atom. The second kappa shape index (κ2) is 18.6. The van der Waals surface area contributed by atoms with Crippen LogP contribution in [0.15, 0.2) is 0 Å². The van der Waals surface area contributed by atoms with Gasteiger partial charge in [-0.15, -0.1) is 0 Å². The third-order valence-corrected chi connectivity index (χ3v) is 5.86. The normalized spacial score (nSPS) is 12.1. The van der Waals surface area contributed by atoms with Crippen molar-refractivity contribution < 1.29 is 37.5 Å². The number of unbranched alkanes of at least 4 members (excludes halogenated alkanes) is 4. The molecule has 0 amide bonds. The van der Waals surface area contributed by atoms with Crippen LogP contribution in [-0.4, -0.2) is 102 Å². The fraction of sp³-hybridized carbons (Fsp3) is 1.00. The molecule has 0 aromatic heterocycles. The number of nitrogens with zero attached hydrogens (tertiary/aromatic N) is 1. The Hall–Kier alpha value is 1.86. The van der Waals surface area contributed by atoms with Crippen molar-refractivity contribution in [2.24, 2.45) is 0 Å². The summed E-state index contributed by atoms with van der Waals surface area (Å²) in [5.41, 5.74) is 0. The SMILES string of the molecule is CCCC[N+](CCCC)(CCCC)CCCC.O=P(O)(O)OP(=O)(O)O.[KH]. The molecule has 27 heavy (non-hydrogen) atoms. The predicted octanol–water partition coefficient (Wildman–Crippen LogP) is 3.54. The van der Waals surface area contributed by atoms with Gasteiger partial charge in [0.2, 0.25) is 0 Å². The second-order valence-corrected chi connectivity index (χ2v) is 9.33. The molecule has 0 aliphatic heterocycles. The van der Waals surface area contributed by atoms with Crippen molar-refractivity contribution in [3.63, 3.8) is 0 Å². The molecule has 4 N–H and O–H groups in total. The molecule has 0 fully saturated rings. The topological polar surface area (TPSA) is 124 Å². The van der Waals surface area contributed by atoms with Gasteiger partial charge in [0.05, 0.1) is 26.2 Å². The standard InChI is InChI=1S/C16H36N.K.H4O7P2.H/c1-5-9-13-17(14-10-6-2,15-11-7-3)16-12-8-4;;1-8(2,3)7-9(4,5)6;/h5-16H2,1-4H3;;(H2,1,2,3)(H2,4,5,6);/q+1;;;. The molecule has 0 rings (SSSR count). The van der Waals surface area contributed by atoms with Gasteiger partial charge in [-0.3, -0.25) is 0 Å². The van der Waals surface area contributed by atoms with Gasteiger partial charge in [-0.2, -0.15) is 4.31 Å². The zero-order valence-corrected chi connectivity index (χ0v) is 18.6. The van der Waals surface area contributed by atoms with Crippen molar-refractivity contribution in [1.82, 2.24) is 0 Å². The first-order chi connectivity index (χ1) is 11.9. The number of phosphoric acid groups is 2. The van der Waals surface area contributed by atoms with Crippen molar-refractivity contribution in [2.45, 2.75) is 79.1 Å². The van der Waals surface area contributed by atoms with Crippen LogP contribution in [0.5, 0.6) is 0 Å². The van der Waals surface area contributed by atoms with Crippen molar-refractivity contribution >= 4 is 67.0 Å². The van der Waals surface area contributed by atoms with E-state index < -0.39 is 15.6 Å². The quantitative estimate of drug-likeness (QED) is 0.178. The molecule has 162 valence electrons. The Balaban J connectivity index is -0.000000491. The zero-order valence-electron chi connectivity index (χ0n) is 16.8. The summed E-state index contributed by atoms with van der Waals surface area (Å²) in [6.45, 7) is 15.0. The fourth-order valence-corrected chi connectivity index (χ4v) is 3.89. The van der Waals surface area contributed by atoms with Crippen LogP contribution in [0.3, 0.4) is 0 Å². The van der Waals surface area contributed by atoms with E-state index in [1.807, 2.05) is 0 Å². The minimum absolute atomic E-state index is 0. The van der Waals surface area contributed by atoms with E-state index >= 15 is 0 Å². The first-order valence-corrected chi connectivity index (χ1v) is 12.7. The summed E-state index contributed by atoms with van der Waals surface area (Å²) in [6, 6.07) is 0. The average Bonchev–Trinajstić information content (AvgIpc) is 2.50. The Morgan fingerprint density at radius 3 is 0.963 bits per heavy atom. The van der Waals surface area contributed by atoms with Crippen molar-refractivity contribution in [3.05, 3.63) is 0 Å². The number of quaternary nitrogens is 1. The molecule has 0 aliphatic carbocycles. The maximum atomic E-state index is 9.63. The van der Waals surface area contributed by atoms with Gasteiger partial charge < -0.3 is 24.1 Å². The van der Waals surface area contributed by atoms with Gasteiger partial charge in [0.1, 0.15) is 0 Å². The summed E-state index contributed by atoms with van der Waals surface area (Å²) < 4.78 is 23.6. The first-order valence-electron chi connectivity index (χ1n) is 9.62. The molecule has 0 aromatic carbocycles. The van der Waals surface area contributed by atoms with Crippen LogP contribution < -0.4 is 0 Å². The van der Waals surface area contributed by atoms with E-state index in [-0.39, 0.29) is 51.4 Å². The molecular formula is C16H41KNO7P2+. The minimum atomic E-state index is -5.05. The molecule has 11 heteroatoms. The first kappa shape index (κ1) is 33.5. The summed E-state index contributed by atoms with van der Waals surface area (Å²) in [5.74, 6) is 0. The fourth-order valence-electron chi connectivity index (χ4n) is 2.78. The van der Waals surface area contributed by atoms with E-state index in [0.29, 0.717) is 0 Å². The van der Waals surface area contributed by atoms with Crippen molar-refractivity contribution in [1.29, 1.82) is 0 Å². The molecule has 0 saturated carbocycles. The molecule has 0 saturated heterocycles. The van der Waals surface area contributed by atoms with Crippen LogP contribution in [0.4, 0.5) is 0 Å². The molecule has 0 atom stereocenters. The van der Waals surface area contributed by atoms with Gasteiger partial charge in [-0.1, -0.05) is 53.4 Å². The molecule has 0 unspecified atom stereocenters. The Bertz CT molecular complexity index is 371. The van der Waals surface area contributed by atoms with E-state index in [1.54, 1.807) is 0 Å². The number of hydrogen-bond donors (Lipinski definition) is 4. The van der Waals surface area contributed by atoms with E-state index in [9.17, 15) is 9.13 Å². The Morgan fingerprint density at radius 2 is 0.852 bits per heavy atom. The second-order valence-electron chi connectivity index (χ2n) is 6.71. The van der Waals surface area contributed by atoms with Gasteiger partial charge in [0.25, 0.3) is 0 Å². The summed E-state index contributed by atoms with van der Waals surface area (Å²) >= 11 is 0. The third kappa shape index (κ3) is 24.0. The van der Waals surface area contributed by atoms with E-state index in [4.69, 9.17) is 19.6 Å². The summed E-state index contributed by atoms with van der Waals surface area (Å²) in [4.78, 5) is 31.0. The predicted molar refractivity (Wildman–Crippen MR) is 112 cm³/mol. The van der Waals surface area contributed by atoms with E-state index in [2.05, 4.69) is 32.0 Å². The summed E-state index contributed by atoms with van der Waals surface area (Å²) in [7, 11) is -10.1. The van der Waals surface area contributed by atoms with E-state index in [1.165, 1.54) is 82.0 Å². The molecule has 0 aliphatic rings. The summed E-state index contributed by atoms with van der Waals surface area (Å²) in [5, 5.41) is 0. The molecule has 0 heterocycles. The third-order valence-electron chi connectivity index (χ3n) is 4.16.